The number of carbonyl (C=O) groups is 2. The molecular weight excluding hydrogens is 182 g/mol. The zero-order chi connectivity index (χ0) is 11.4. The van der Waals surface area contributed by atoms with E-state index in [2.05, 4.69) is 0 Å². The molecule has 0 saturated heterocycles. The van der Waals surface area contributed by atoms with Gasteiger partial charge in [0.2, 0.25) is 0 Å². The highest BCUT2D eigenvalue weighted by Gasteiger charge is 2.17. The molecule has 82 valence electrons. The van der Waals surface area contributed by atoms with E-state index >= 15 is 0 Å². The van der Waals surface area contributed by atoms with Crippen LogP contribution in [0, 0.1) is 0 Å². The average Bonchev–Trinajstić information content (AvgIpc) is 1.96. The summed E-state index contributed by atoms with van der Waals surface area (Å²) in [6.07, 6.45) is 0.544. The maximum Gasteiger partial charge on any atom is 0.306 e. The lowest BCUT2D eigenvalue weighted by molar-refractivity contribution is -0.155. The first-order valence-corrected chi connectivity index (χ1v) is 4.70. The molecule has 0 aliphatic rings. The SMILES string of the molecule is CC(=O)[C@H](N)CCC(=O)OC(C)(C)C. The standard InChI is InChI=1S/C10H19NO3/c1-7(12)8(11)5-6-9(13)14-10(2,3)4/h8H,5-6,11H2,1-4H3/t8-/m1/s1. The second-order valence-electron chi connectivity index (χ2n) is 4.34. The lowest BCUT2D eigenvalue weighted by atomic mass is 10.1. The van der Waals surface area contributed by atoms with Crippen LogP contribution in [0.4, 0.5) is 0 Å². The molecule has 0 aliphatic carbocycles. The largest absolute Gasteiger partial charge is 0.460 e. The Kier molecular flexibility index (Phi) is 4.77. The van der Waals surface area contributed by atoms with Gasteiger partial charge >= 0.3 is 5.97 Å². The van der Waals surface area contributed by atoms with E-state index in [0.717, 1.165) is 0 Å². The Labute approximate surface area is 84.8 Å². The smallest absolute Gasteiger partial charge is 0.306 e. The Hall–Kier alpha value is -0.900. The summed E-state index contributed by atoms with van der Waals surface area (Å²) >= 11 is 0. The van der Waals surface area contributed by atoms with Gasteiger partial charge in [0, 0.05) is 6.42 Å². The minimum atomic E-state index is -0.553. The van der Waals surface area contributed by atoms with Crippen molar-refractivity contribution in [1.29, 1.82) is 0 Å². The first-order valence-electron chi connectivity index (χ1n) is 4.70. The molecular formula is C10H19NO3. The van der Waals surface area contributed by atoms with E-state index in [1.807, 2.05) is 0 Å². The quantitative estimate of drug-likeness (QED) is 0.689. The number of ether oxygens (including phenoxy) is 1. The summed E-state index contributed by atoms with van der Waals surface area (Å²) in [5.74, 6) is -0.414. The van der Waals surface area contributed by atoms with Crippen molar-refractivity contribution in [3.05, 3.63) is 0 Å². The normalized spacial score (nSPS) is 13.5. The summed E-state index contributed by atoms with van der Waals surface area (Å²) in [5.41, 5.74) is 5.00. The number of nitrogens with two attached hydrogens (primary N) is 1. The van der Waals surface area contributed by atoms with Crippen LogP contribution in [0.1, 0.15) is 40.5 Å². The van der Waals surface area contributed by atoms with Gasteiger partial charge in [-0.15, -0.1) is 0 Å². The fourth-order valence-electron chi connectivity index (χ4n) is 0.869. The third-order valence-electron chi connectivity index (χ3n) is 1.60. The fourth-order valence-corrected chi connectivity index (χ4v) is 0.869. The number of hydrogen-bond donors (Lipinski definition) is 1. The zero-order valence-electron chi connectivity index (χ0n) is 9.29. The Morgan fingerprint density at radius 1 is 1.36 bits per heavy atom. The van der Waals surface area contributed by atoms with Crippen molar-refractivity contribution in [2.24, 2.45) is 5.73 Å². The van der Waals surface area contributed by atoms with Gasteiger partial charge in [0.15, 0.2) is 0 Å². The van der Waals surface area contributed by atoms with E-state index in [1.54, 1.807) is 20.8 Å². The van der Waals surface area contributed by atoms with Crippen LogP contribution in [-0.4, -0.2) is 23.4 Å². The molecule has 0 aliphatic heterocycles. The van der Waals surface area contributed by atoms with E-state index in [0.29, 0.717) is 6.42 Å². The number of Topliss-reactive ketones (excluding diaryl/α,β-unsaturated/α-hetero) is 1. The number of esters is 1. The van der Waals surface area contributed by atoms with Gasteiger partial charge in [0.1, 0.15) is 11.4 Å². The summed E-state index contributed by atoms with van der Waals surface area (Å²) in [7, 11) is 0. The Balaban J connectivity index is 3.81. The molecule has 4 nitrogen and oxygen atoms in total. The third kappa shape index (κ3) is 6.60. The molecule has 0 fully saturated rings. The van der Waals surface area contributed by atoms with Crippen LogP contribution in [0.5, 0.6) is 0 Å². The van der Waals surface area contributed by atoms with E-state index in [1.165, 1.54) is 6.92 Å². The topological polar surface area (TPSA) is 69.4 Å². The van der Waals surface area contributed by atoms with Crippen LogP contribution < -0.4 is 5.73 Å². The molecule has 0 rings (SSSR count). The second-order valence-corrected chi connectivity index (χ2v) is 4.34. The Morgan fingerprint density at radius 3 is 2.21 bits per heavy atom. The van der Waals surface area contributed by atoms with Gasteiger partial charge in [-0.05, 0) is 34.1 Å². The Morgan fingerprint density at radius 2 is 1.86 bits per heavy atom. The van der Waals surface area contributed by atoms with Crippen LogP contribution >= 0.6 is 0 Å². The van der Waals surface area contributed by atoms with Crippen molar-refractivity contribution in [1.82, 2.24) is 0 Å². The summed E-state index contributed by atoms with van der Waals surface area (Å²) in [5, 5.41) is 0. The van der Waals surface area contributed by atoms with E-state index in [-0.39, 0.29) is 18.2 Å². The van der Waals surface area contributed by atoms with Crippen LogP contribution in [0.15, 0.2) is 0 Å². The lowest BCUT2D eigenvalue weighted by Crippen LogP contribution is -2.30. The van der Waals surface area contributed by atoms with Gasteiger partial charge in [0.05, 0.1) is 6.04 Å². The molecule has 0 aromatic heterocycles. The molecule has 0 bridgehead atoms. The predicted molar refractivity (Wildman–Crippen MR) is 53.7 cm³/mol. The van der Waals surface area contributed by atoms with Crippen LogP contribution in [-0.2, 0) is 14.3 Å². The number of rotatable bonds is 4. The molecule has 2 N–H and O–H groups in total. The molecule has 0 heterocycles. The van der Waals surface area contributed by atoms with Crippen LogP contribution in [0.2, 0.25) is 0 Å². The third-order valence-corrected chi connectivity index (χ3v) is 1.60. The van der Waals surface area contributed by atoms with Gasteiger partial charge in [-0.25, -0.2) is 0 Å². The molecule has 0 saturated carbocycles. The maximum atomic E-state index is 11.2. The first kappa shape index (κ1) is 13.1. The average molecular weight is 201 g/mol. The number of carbonyl (C=O) groups excluding carboxylic acids is 2. The van der Waals surface area contributed by atoms with Gasteiger partial charge in [-0.2, -0.15) is 0 Å². The summed E-state index contributed by atoms with van der Waals surface area (Å²) in [4.78, 5) is 22.0. The monoisotopic (exact) mass is 201 g/mol. The van der Waals surface area contributed by atoms with E-state index in [4.69, 9.17) is 10.5 Å². The molecule has 0 aromatic rings. The summed E-state index contributed by atoms with van der Waals surface area (Å²) in [6, 6.07) is -0.553. The van der Waals surface area contributed by atoms with Crippen molar-refractivity contribution < 1.29 is 14.3 Å². The van der Waals surface area contributed by atoms with Crippen molar-refractivity contribution >= 4 is 11.8 Å². The number of ketones is 1. The minimum absolute atomic E-state index is 0.103. The predicted octanol–water partition coefficient (Wildman–Crippen LogP) is 1.02. The highest BCUT2D eigenvalue weighted by atomic mass is 16.6. The molecule has 1 atom stereocenters. The van der Waals surface area contributed by atoms with Crippen molar-refractivity contribution in [3.8, 4) is 0 Å². The lowest BCUT2D eigenvalue weighted by Gasteiger charge is -2.19. The van der Waals surface area contributed by atoms with Crippen molar-refractivity contribution in [2.45, 2.75) is 52.2 Å². The molecule has 0 amide bonds. The highest BCUT2D eigenvalue weighted by molar-refractivity contribution is 5.81. The van der Waals surface area contributed by atoms with E-state index in [9.17, 15) is 9.59 Å². The fraction of sp³-hybridized carbons (Fsp3) is 0.800. The van der Waals surface area contributed by atoms with Gasteiger partial charge in [-0.1, -0.05) is 0 Å². The van der Waals surface area contributed by atoms with Crippen molar-refractivity contribution in [3.63, 3.8) is 0 Å². The molecule has 0 spiro atoms. The van der Waals surface area contributed by atoms with Crippen molar-refractivity contribution in [2.75, 3.05) is 0 Å². The number of hydrogen-bond acceptors (Lipinski definition) is 4. The summed E-state index contributed by atoms with van der Waals surface area (Å²) < 4.78 is 5.06. The van der Waals surface area contributed by atoms with Crippen LogP contribution in [0.25, 0.3) is 0 Å². The molecule has 4 heteroatoms. The molecule has 0 unspecified atom stereocenters. The second kappa shape index (κ2) is 5.10. The molecule has 0 radical (unpaired) electrons. The zero-order valence-corrected chi connectivity index (χ0v) is 9.29. The Bertz CT molecular complexity index is 218. The summed E-state index contributed by atoms with van der Waals surface area (Å²) in [6.45, 7) is 6.82. The van der Waals surface area contributed by atoms with Crippen LogP contribution in [0.3, 0.4) is 0 Å². The first-order chi connectivity index (χ1) is 6.22. The highest BCUT2D eigenvalue weighted by Crippen LogP contribution is 2.09. The molecule has 0 aromatic carbocycles. The van der Waals surface area contributed by atoms with Gasteiger partial charge in [-0.3, -0.25) is 9.59 Å². The van der Waals surface area contributed by atoms with Gasteiger partial charge in [0.25, 0.3) is 0 Å². The minimum Gasteiger partial charge on any atom is -0.460 e. The van der Waals surface area contributed by atoms with E-state index < -0.39 is 11.6 Å². The molecule has 14 heavy (non-hydrogen) atoms. The maximum absolute atomic E-state index is 11.2. The van der Waals surface area contributed by atoms with Gasteiger partial charge < -0.3 is 10.5 Å².